The van der Waals surface area contributed by atoms with Gasteiger partial charge in [0.15, 0.2) is 0 Å². The van der Waals surface area contributed by atoms with Crippen LogP contribution in [0.25, 0.3) is 0 Å². The summed E-state index contributed by atoms with van der Waals surface area (Å²) in [7, 11) is 1.95. The van der Waals surface area contributed by atoms with Crippen molar-refractivity contribution in [2.24, 2.45) is 0 Å². The number of halogens is 2. The second-order valence-electron chi connectivity index (χ2n) is 4.84. The zero-order chi connectivity index (χ0) is 14.5. The van der Waals surface area contributed by atoms with Gasteiger partial charge in [-0.05, 0) is 51.4 Å². The van der Waals surface area contributed by atoms with Crippen LogP contribution >= 0.6 is 23.2 Å². The van der Waals surface area contributed by atoms with E-state index in [0.29, 0.717) is 16.7 Å². The highest BCUT2D eigenvalue weighted by molar-refractivity contribution is 6.36. The maximum absolute atomic E-state index is 6.25. The number of ether oxygens (including phenoxy) is 1. The van der Waals surface area contributed by atoms with E-state index in [9.17, 15) is 0 Å². The summed E-state index contributed by atoms with van der Waals surface area (Å²) in [5, 5.41) is 4.76. The predicted molar refractivity (Wildman–Crippen MR) is 83.3 cm³/mol. The van der Waals surface area contributed by atoms with E-state index < -0.39 is 0 Å². The molecule has 0 saturated carbocycles. The Morgan fingerprint density at radius 1 is 1.26 bits per heavy atom. The van der Waals surface area contributed by atoms with Gasteiger partial charge in [0.05, 0.1) is 5.60 Å². The molecule has 1 aromatic rings. The van der Waals surface area contributed by atoms with Gasteiger partial charge in [0.25, 0.3) is 0 Å². The first-order valence-corrected chi connectivity index (χ1v) is 7.48. The fourth-order valence-corrected chi connectivity index (χ4v) is 2.89. The number of hydrogen-bond acceptors (Lipinski definition) is 2. The summed E-state index contributed by atoms with van der Waals surface area (Å²) in [6.07, 6.45) is 1.67. The van der Waals surface area contributed by atoms with Crippen molar-refractivity contribution >= 4 is 23.2 Å². The lowest BCUT2D eigenvalue weighted by molar-refractivity contribution is -0.0534. The second-order valence-corrected chi connectivity index (χ2v) is 5.66. The molecule has 0 bridgehead atoms. The first-order valence-electron chi connectivity index (χ1n) is 6.72. The maximum Gasteiger partial charge on any atom is 0.0807 e. The zero-order valence-electron chi connectivity index (χ0n) is 12.1. The Kier molecular flexibility index (Phi) is 6.61. The van der Waals surface area contributed by atoms with Crippen molar-refractivity contribution in [3.63, 3.8) is 0 Å². The van der Waals surface area contributed by atoms with Gasteiger partial charge >= 0.3 is 0 Å². The van der Waals surface area contributed by atoms with E-state index in [1.807, 2.05) is 32.2 Å². The van der Waals surface area contributed by atoms with E-state index in [4.69, 9.17) is 27.9 Å². The van der Waals surface area contributed by atoms with Crippen molar-refractivity contribution in [3.05, 3.63) is 33.8 Å². The molecule has 0 amide bonds. The summed E-state index contributed by atoms with van der Waals surface area (Å²) >= 11 is 12.5. The van der Waals surface area contributed by atoms with Gasteiger partial charge < -0.3 is 10.1 Å². The molecule has 1 rings (SSSR count). The molecule has 0 aliphatic heterocycles. The number of hydrogen-bond donors (Lipinski definition) is 1. The molecule has 2 atom stereocenters. The van der Waals surface area contributed by atoms with Crippen molar-refractivity contribution < 1.29 is 4.74 Å². The highest BCUT2D eigenvalue weighted by Crippen LogP contribution is 2.30. The lowest BCUT2D eigenvalue weighted by Crippen LogP contribution is -2.50. The van der Waals surface area contributed by atoms with Crippen LogP contribution in [0.4, 0.5) is 0 Å². The summed E-state index contributed by atoms with van der Waals surface area (Å²) in [6.45, 7) is 6.97. The Morgan fingerprint density at radius 3 is 2.26 bits per heavy atom. The summed E-state index contributed by atoms with van der Waals surface area (Å²) in [5.41, 5.74) is 0.746. The van der Waals surface area contributed by atoms with E-state index in [1.165, 1.54) is 0 Å². The van der Waals surface area contributed by atoms with Crippen molar-refractivity contribution in [3.8, 4) is 0 Å². The monoisotopic (exact) mass is 303 g/mol. The van der Waals surface area contributed by atoms with Gasteiger partial charge in [-0.15, -0.1) is 0 Å². The molecule has 4 heteroatoms. The Bertz CT molecular complexity index is 391. The second kappa shape index (κ2) is 7.49. The van der Waals surface area contributed by atoms with E-state index in [1.54, 1.807) is 0 Å². The van der Waals surface area contributed by atoms with Crippen LogP contribution in [0.5, 0.6) is 0 Å². The molecule has 0 aliphatic rings. The summed E-state index contributed by atoms with van der Waals surface area (Å²) in [6, 6.07) is 5.78. The van der Waals surface area contributed by atoms with E-state index in [2.05, 4.69) is 19.2 Å². The van der Waals surface area contributed by atoms with Gasteiger partial charge in [-0.25, -0.2) is 0 Å². The van der Waals surface area contributed by atoms with Crippen LogP contribution in [0.2, 0.25) is 10.0 Å². The van der Waals surface area contributed by atoms with Gasteiger partial charge in [0.1, 0.15) is 0 Å². The van der Waals surface area contributed by atoms with Crippen LogP contribution in [0.1, 0.15) is 32.8 Å². The van der Waals surface area contributed by atoms with Gasteiger partial charge in [-0.2, -0.15) is 0 Å². The molecule has 1 N–H and O–H groups in total. The molecule has 19 heavy (non-hydrogen) atoms. The number of likely N-dealkylation sites (N-methyl/N-ethyl adjacent to an activating group) is 1. The molecular weight excluding hydrogens is 281 g/mol. The topological polar surface area (TPSA) is 21.3 Å². The summed E-state index contributed by atoms with van der Waals surface area (Å²) < 4.78 is 5.93. The molecule has 0 aliphatic carbocycles. The summed E-state index contributed by atoms with van der Waals surface area (Å²) in [5.74, 6) is 0. The third kappa shape index (κ3) is 4.09. The molecule has 108 valence electrons. The van der Waals surface area contributed by atoms with Crippen LogP contribution in [0, 0.1) is 0 Å². The standard InChI is InChI=1S/C15H23Cl2NO/c1-5-15(3,19-6-2)14(18-4)10-11-12(16)8-7-9-13(11)17/h7-9,14,18H,5-6,10H2,1-4H3. The molecule has 0 fully saturated rings. The van der Waals surface area contributed by atoms with Gasteiger partial charge in [0.2, 0.25) is 0 Å². The first-order chi connectivity index (χ1) is 8.98. The maximum atomic E-state index is 6.25. The number of rotatable bonds is 7. The van der Waals surface area contributed by atoms with E-state index >= 15 is 0 Å². The molecule has 0 saturated heterocycles. The van der Waals surface area contributed by atoms with Crippen molar-refractivity contribution in [1.29, 1.82) is 0 Å². The SMILES string of the molecule is CCOC(C)(CC)C(Cc1c(Cl)cccc1Cl)NC. The zero-order valence-corrected chi connectivity index (χ0v) is 13.6. The highest BCUT2D eigenvalue weighted by Gasteiger charge is 2.33. The minimum Gasteiger partial charge on any atom is -0.374 e. The Morgan fingerprint density at radius 2 is 1.84 bits per heavy atom. The minimum absolute atomic E-state index is 0.162. The van der Waals surface area contributed by atoms with E-state index in [0.717, 1.165) is 18.4 Å². The fraction of sp³-hybridized carbons (Fsp3) is 0.600. The first kappa shape index (κ1) is 16.8. The molecule has 2 nitrogen and oxygen atoms in total. The molecular formula is C15H23Cl2NO. The van der Waals surface area contributed by atoms with Crippen molar-refractivity contribution in [2.45, 2.75) is 45.3 Å². The number of nitrogens with one attached hydrogen (secondary N) is 1. The lowest BCUT2D eigenvalue weighted by atomic mass is 9.88. The van der Waals surface area contributed by atoms with Crippen LogP contribution < -0.4 is 5.32 Å². The van der Waals surface area contributed by atoms with E-state index in [-0.39, 0.29) is 11.6 Å². The van der Waals surface area contributed by atoms with Crippen LogP contribution in [0.3, 0.4) is 0 Å². The van der Waals surface area contributed by atoms with Gasteiger partial charge in [-0.1, -0.05) is 36.2 Å². The largest absolute Gasteiger partial charge is 0.374 e. The molecule has 2 unspecified atom stereocenters. The molecule has 1 aromatic carbocycles. The van der Waals surface area contributed by atoms with Gasteiger partial charge in [0, 0.05) is 22.7 Å². The quantitative estimate of drug-likeness (QED) is 0.809. The smallest absolute Gasteiger partial charge is 0.0807 e. The van der Waals surface area contributed by atoms with Crippen LogP contribution in [0.15, 0.2) is 18.2 Å². The third-order valence-corrected chi connectivity index (χ3v) is 4.44. The normalized spacial score (nSPS) is 16.1. The molecule has 0 radical (unpaired) electrons. The summed E-state index contributed by atoms with van der Waals surface area (Å²) in [4.78, 5) is 0. The lowest BCUT2D eigenvalue weighted by Gasteiger charge is -2.37. The highest BCUT2D eigenvalue weighted by atomic mass is 35.5. The Labute approximate surface area is 126 Å². The minimum atomic E-state index is -0.230. The van der Waals surface area contributed by atoms with Crippen LogP contribution in [-0.2, 0) is 11.2 Å². The molecule has 0 spiro atoms. The van der Waals surface area contributed by atoms with Crippen molar-refractivity contribution in [1.82, 2.24) is 5.32 Å². The Balaban J connectivity index is 2.99. The third-order valence-electron chi connectivity index (χ3n) is 3.73. The molecule has 0 aromatic heterocycles. The average Bonchev–Trinajstić information content (AvgIpc) is 2.38. The Hall–Kier alpha value is -0.280. The van der Waals surface area contributed by atoms with Gasteiger partial charge in [-0.3, -0.25) is 0 Å². The van der Waals surface area contributed by atoms with Crippen LogP contribution in [-0.4, -0.2) is 25.3 Å². The van der Waals surface area contributed by atoms with Crippen molar-refractivity contribution in [2.75, 3.05) is 13.7 Å². The fourth-order valence-electron chi connectivity index (χ4n) is 2.33. The average molecular weight is 304 g/mol. The number of benzene rings is 1. The molecule has 0 heterocycles. The predicted octanol–water partition coefficient (Wildman–Crippen LogP) is 4.33.